The highest BCUT2D eigenvalue weighted by atomic mass is 32.1. The molecule has 0 saturated heterocycles. The van der Waals surface area contributed by atoms with Gasteiger partial charge < -0.3 is 19.3 Å². The van der Waals surface area contributed by atoms with Gasteiger partial charge in [-0.15, -0.1) is 0 Å². The van der Waals surface area contributed by atoms with Crippen LogP contribution >= 0.6 is 11.3 Å². The molecule has 3 rings (SSSR count). The van der Waals surface area contributed by atoms with Gasteiger partial charge in [0.1, 0.15) is 5.76 Å². The van der Waals surface area contributed by atoms with Crippen LogP contribution in [-0.4, -0.2) is 17.6 Å². The maximum atomic E-state index is 12.0. The molecule has 3 aromatic rings. The van der Waals surface area contributed by atoms with Crippen LogP contribution in [0.4, 0.5) is 0 Å². The highest BCUT2D eigenvalue weighted by Crippen LogP contribution is 2.30. The van der Waals surface area contributed by atoms with Gasteiger partial charge in [0.05, 0.1) is 25.3 Å². The predicted molar refractivity (Wildman–Crippen MR) is 86.8 cm³/mol. The van der Waals surface area contributed by atoms with E-state index in [1.165, 1.54) is 36.2 Å². The summed E-state index contributed by atoms with van der Waals surface area (Å²) in [5, 5.41) is 17.4. The fourth-order valence-electron chi connectivity index (χ4n) is 2.16. The Labute approximate surface area is 136 Å². The number of carbonyl (C=O) groups excluding carboxylic acids is 1. The van der Waals surface area contributed by atoms with Gasteiger partial charge in [-0.1, -0.05) is 0 Å². The number of nitrogens with one attached hydrogen (secondary N) is 1. The molecule has 118 valence electrons. The first-order chi connectivity index (χ1) is 11.2. The largest absolute Gasteiger partial charge is 0.472 e. The Morgan fingerprint density at radius 1 is 1.35 bits per heavy atom. The summed E-state index contributed by atoms with van der Waals surface area (Å²) >= 11 is 1.47. The van der Waals surface area contributed by atoms with Crippen LogP contribution in [0.1, 0.15) is 16.9 Å². The molecule has 3 heterocycles. The van der Waals surface area contributed by atoms with Crippen molar-refractivity contribution in [1.82, 2.24) is 5.32 Å². The van der Waals surface area contributed by atoms with Crippen molar-refractivity contribution in [3.63, 3.8) is 0 Å². The molecule has 0 spiro atoms. The van der Waals surface area contributed by atoms with Crippen molar-refractivity contribution in [3.05, 3.63) is 76.8 Å². The SMILES string of the molecule is O=C(/C=C/c1ccoc1)NC[C@@](O)(c1ccsc1)c1ccco1. The molecule has 0 bridgehead atoms. The Morgan fingerprint density at radius 2 is 2.26 bits per heavy atom. The summed E-state index contributed by atoms with van der Waals surface area (Å²) in [7, 11) is 0. The van der Waals surface area contributed by atoms with Gasteiger partial charge in [-0.25, -0.2) is 0 Å². The minimum atomic E-state index is -1.40. The van der Waals surface area contributed by atoms with Crippen LogP contribution in [0.2, 0.25) is 0 Å². The van der Waals surface area contributed by atoms with E-state index in [1.54, 1.807) is 30.3 Å². The number of hydrogen-bond donors (Lipinski definition) is 2. The summed E-state index contributed by atoms with van der Waals surface area (Å²) in [5.41, 5.74) is 0.0682. The number of furan rings is 2. The second-order valence-electron chi connectivity index (χ2n) is 4.96. The monoisotopic (exact) mass is 329 g/mol. The first-order valence-corrected chi connectivity index (χ1v) is 7.90. The fourth-order valence-corrected chi connectivity index (χ4v) is 2.88. The summed E-state index contributed by atoms with van der Waals surface area (Å²) in [4.78, 5) is 12.0. The maximum Gasteiger partial charge on any atom is 0.244 e. The molecule has 0 aliphatic heterocycles. The lowest BCUT2D eigenvalue weighted by molar-refractivity contribution is -0.117. The lowest BCUT2D eigenvalue weighted by Gasteiger charge is -2.25. The van der Waals surface area contributed by atoms with Crippen molar-refractivity contribution in [2.75, 3.05) is 6.54 Å². The molecule has 3 aromatic heterocycles. The predicted octanol–water partition coefficient (Wildman–Crippen LogP) is 3.00. The first kappa shape index (κ1) is 15.3. The van der Waals surface area contributed by atoms with Gasteiger partial charge in [-0.3, -0.25) is 4.79 Å². The molecule has 5 nitrogen and oxygen atoms in total. The third-order valence-electron chi connectivity index (χ3n) is 3.42. The van der Waals surface area contributed by atoms with Crippen LogP contribution in [0.25, 0.3) is 6.08 Å². The van der Waals surface area contributed by atoms with Crippen LogP contribution in [0.5, 0.6) is 0 Å². The number of thiophene rings is 1. The molecule has 0 saturated carbocycles. The van der Waals surface area contributed by atoms with E-state index >= 15 is 0 Å². The zero-order valence-electron chi connectivity index (χ0n) is 12.1. The van der Waals surface area contributed by atoms with Crippen LogP contribution < -0.4 is 5.32 Å². The van der Waals surface area contributed by atoms with Gasteiger partial charge in [-0.2, -0.15) is 11.3 Å². The number of hydrogen-bond acceptors (Lipinski definition) is 5. The topological polar surface area (TPSA) is 75.6 Å². The van der Waals surface area contributed by atoms with Gasteiger partial charge in [0.15, 0.2) is 5.60 Å². The molecule has 1 atom stereocenters. The van der Waals surface area contributed by atoms with Crippen molar-refractivity contribution in [3.8, 4) is 0 Å². The van der Waals surface area contributed by atoms with Gasteiger partial charge in [0.2, 0.25) is 5.91 Å². The first-order valence-electron chi connectivity index (χ1n) is 6.95. The number of carbonyl (C=O) groups is 1. The van der Waals surface area contributed by atoms with Gasteiger partial charge >= 0.3 is 0 Å². The molecule has 0 unspecified atom stereocenters. The average Bonchev–Trinajstić information content (AvgIpc) is 3.33. The van der Waals surface area contributed by atoms with Crippen molar-refractivity contribution < 1.29 is 18.7 Å². The maximum absolute atomic E-state index is 12.0. The Hall–Kier alpha value is -2.57. The molecule has 1 amide bonds. The quantitative estimate of drug-likeness (QED) is 0.682. The van der Waals surface area contributed by atoms with Crippen LogP contribution in [-0.2, 0) is 10.4 Å². The summed E-state index contributed by atoms with van der Waals surface area (Å²) in [5.74, 6) is 0.0708. The van der Waals surface area contributed by atoms with E-state index in [4.69, 9.17) is 8.83 Å². The summed E-state index contributed by atoms with van der Waals surface area (Å²) in [6, 6.07) is 6.94. The Balaban J connectivity index is 1.71. The number of rotatable bonds is 6. The third-order valence-corrected chi connectivity index (χ3v) is 4.10. The standard InChI is InChI=1S/C17H15NO4S/c19-16(4-3-13-5-8-21-10-13)18-12-17(20,14-6-9-23-11-14)15-2-1-7-22-15/h1-11,20H,12H2,(H,18,19)/b4-3+/t17-/m1/s1. The Morgan fingerprint density at radius 3 is 2.91 bits per heavy atom. The molecule has 0 radical (unpaired) electrons. The van der Waals surface area contributed by atoms with E-state index in [9.17, 15) is 9.90 Å². The van der Waals surface area contributed by atoms with E-state index in [0.717, 1.165) is 5.56 Å². The minimum absolute atomic E-state index is 0.00576. The van der Waals surface area contributed by atoms with E-state index in [2.05, 4.69) is 5.32 Å². The summed E-state index contributed by atoms with van der Waals surface area (Å²) in [6.45, 7) is 0.00576. The molecule has 2 N–H and O–H groups in total. The molecule has 6 heteroatoms. The molecular weight excluding hydrogens is 314 g/mol. The highest BCUT2D eigenvalue weighted by molar-refractivity contribution is 7.08. The summed E-state index contributed by atoms with van der Waals surface area (Å²) in [6.07, 6.45) is 7.59. The van der Waals surface area contributed by atoms with Gasteiger partial charge in [0, 0.05) is 17.2 Å². The Kier molecular flexibility index (Phi) is 4.45. The number of amides is 1. The van der Waals surface area contributed by atoms with Crippen LogP contribution in [0, 0.1) is 0 Å². The minimum Gasteiger partial charge on any atom is -0.472 e. The Bertz CT molecular complexity index is 724. The van der Waals surface area contributed by atoms with Gasteiger partial charge in [0.25, 0.3) is 0 Å². The van der Waals surface area contributed by atoms with Crippen molar-refractivity contribution in [2.45, 2.75) is 5.60 Å². The molecular formula is C17H15NO4S. The van der Waals surface area contributed by atoms with Crippen molar-refractivity contribution in [2.24, 2.45) is 0 Å². The van der Waals surface area contributed by atoms with E-state index in [1.807, 2.05) is 10.8 Å². The second kappa shape index (κ2) is 6.68. The molecule has 23 heavy (non-hydrogen) atoms. The smallest absolute Gasteiger partial charge is 0.244 e. The van der Waals surface area contributed by atoms with E-state index in [0.29, 0.717) is 11.3 Å². The van der Waals surface area contributed by atoms with Crippen LogP contribution in [0.3, 0.4) is 0 Å². The zero-order chi connectivity index (χ0) is 16.1. The molecule has 0 aliphatic rings. The average molecular weight is 329 g/mol. The number of aliphatic hydroxyl groups is 1. The highest BCUT2D eigenvalue weighted by Gasteiger charge is 2.35. The lowest BCUT2D eigenvalue weighted by atomic mass is 9.93. The van der Waals surface area contributed by atoms with Crippen molar-refractivity contribution >= 4 is 23.3 Å². The molecule has 0 fully saturated rings. The van der Waals surface area contributed by atoms with Crippen molar-refractivity contribution in [1.29, 1.82) is 0 Å². The van der Waals surface area contributed by atoms with Crippen LogP contribution in [0.15, 0.2) is 68.7 Å². The molecule has 0 aromatic carbocycles. The normalized spacial score (nSPS) is 14.0. The second-order valence-corrected chi connectivity index (χ2v) is 5.74. The van der Waals surface area contributed by atoms with Gasteiger partial charge in [-0.05, 0) is 41.1 Å². The fraction of sp³-hybridized carbons (Fsp3) is 0.118. The van der Waals surface area contributed by atoms with E-state index < -0.39 is 5.60 Å². The van der Waals surface area contributed by atoms with E-state index in [-0.39, 0.29) is 12.5 Å². The third kappa shape index (κ3) is 3.44. The zero-order valence-corrected chi connectivity index (χ0v) is 13.0. The summed E-state index contributed by atoms with van der Waals surface area (Å²) < 4.78 is 10.3. The lowest BCUT2D eigenvalue weighted by Crippen LogP contribution is -2.40. The molecule has 0 aliphatic carbocycles.